The number of oxazole rings is 1. The van der Waals surface area contributed by atoms with Gasteiger partial charge in [0.1, 0.15) is 10.6 Å². The van der Waals surface area contributed by atoms with E-state index in [2.05, 4.69) is 4.98 Å². The summed E-state index contributed by atoms with van der Waals surface area (Å²) in [6.07, 6.45) is 0. The number of nitrogens with zero attached hydrogens (tertiary/aromatic N) is 1. The molecule has 0 amide bonds. The summed E-state index contributed by atoms with van der Waals surface area (Å²) in [6, 6.07) is 1.78. The fourth-order valence-electron chi connectivity index (χ4n) is 1.39. The lowest BCUT2D eigenvalue weighted by atomic mass is 10.4. The average Bonchev–Trinajstić information content (AvgIpc) is 2.94. The Morgan fingerprint density at radius 2 is 2.39 bits per heavy atom. The molecule has 0 aliphatic carbocycles. The molecule has 2 N–H and O–H groups in total. The van der Waals surface area contributed by atoms with Gasteiger partial charge in [-0.2, -0.15) is 4.98 Å². The summed E-state index contributed by atoms with van der Waals surface area (Å²) in [5, 5.41) is 1.83. The zero-order valence-corrected chi connectivity index (χ0v) is 10.7. The van der Waals surface area contributed by atoms with Gasteiger partial charge in [0.05, 0.1) is 13.7 Å². The van der Waals surface area contributed by atoms with Crippen molar-refractivity contribution in [2.45, 2.75) is 6.92 Å². The van der Waals surface area contributed by atoms with E-state index < -0.39 is 5.97 Å². The molecule has 0 radical (unpaired) electrons. The second-order valence-electron chi connectivity index (χ2n) is 3.27. The molecule has 0 saturated carbocycles. The van der Waals surface area contributed by atoms with Crippen molar-refractivity contribution in [3.05, 3.63) is 17.1 Å². The number of hydrogen-bond acceptors (Lipinski definition) is 7. The van der Waals surface area contributed by atoms with E-state index in [1.54, 1.807) is 20.1 Å². The van der Waals surface area contributed by atoms with Gasteiger partial charge >= 0.3 is 5.97 Å². The number of ether oxygens (including phenoxy) is 2. The van der Waals surface area contributed by atoms with Gasteiger partial charge in [0.2, 0.25) is 17.5 Å². The van der Waals surface area contributed by atoms with E-state index in [-0.39, 0.29) is 24.1 Å². The summed E-state index contributed by atoms with van der Waals surface area (Å²) < 4.78 is 15.2. The van der Waals surface area contributed by atoms with Crippen molar-refractivity contribution in [2.75, 3.05) is 19.5 Å². The summed E-state index contributed by atoms with van der Waals surface area (Å²) >= 11 is 1.39. The van der Waals surface area contributed by atoms with E-state index >= 15 is 0 Å². The van der Waals surface area contributed by atoms with Crippen molar-refractivity contribution >= 4 is 23.2 Å². The van der Waals surface area contributed by atoms with Crippen LogP contribution in [0.25, 0.3) is 10.8 Å². The van der Waals surface area contributed by atoms with E-state index in [4.69, 9.17) is 19.6 Å². The highest BCUT2D eigenvalue weighted by Gasteiger charge is 2.22. The zero-order valence-electron chi connectivity index (χ0n) is 9.93. The Morgan fingerprint density at radius 1 is 1.61 bits per heavy atom. The van der Waals surface area contributed by atoms with Gasteiger partial charge in [-0.25, -0.2) is 4.79 Å². The Kier molecular flexibility index (Phi) is 3.52. The van der Waals surface area contributed by atoms with Crippen LogP contribution in [-0.2, 0) is 4.74 Å². The van der Waals surface area contributed by atoms with Gasteiger partial charge < -0.3 is 19.6 Å². The van der Waals surface area contributed by atoms with Crippen LogP contribution >= 0.6 is 11.3 Å². The van der Waals surface area contributed by atoms with Crippen LogP contribution in [0.4, 0.5) is 5.88 Å². The molecule has 0 aromatic carbocycles. The number of anilines is 1. The van der Waals surface area contributed by atoms with Crippen LogP contribution < -0.4 is 10.5 Å². The molecule has 2 rings (SSSR count). The maximum atomic E-state index is 11.6. The Morgan fingerprint density at radius 3 is 3.06 bits per heavy atom. The summed E-state index contributed by atoms with van der Waals surface area (Å²) in [7, 11) is 1.55. The van der Waals surface area contributed by atoms with E-state index in [9.17, 15) is 4.79 Å². The van der Waals surface area contributed by atoms with Gasteiger partial charge in [0.25, 0.3) is 0 Å². The van der Waals surface area contributed by atoms with Gasteiger partial charge in [-0.05, 0) is 18.4 Å². The third-order valence-electron chi connectivity index (χ3n) is 2.17. The molecule has 0 atom stereocenters. The smallest absolute Gasteiger partial charge is 0.362 e. The Balaban J connectivity index is 2.37. The average molecular weight is 268 g/mol. The molecule has 0 bridgehead atoms. The van der Waals surface area contributed by atoms with Crippen LogP contribution in [0.5, 0.6) is 5.75 Å². The number of esters is 1. The molecule has 0 spiro atoms. The Hall–Kier alpha value is -2.02. The number of thiophene rings is 1. The van der Waals surface area contributed by atoms with Crippen molar-refractivity contribution in [1.29, 1.82) is 0 Å². The Bertz CT molecular complexity index is 561. The minimum Gasteiger partial charge on any atom is -0.495 e. The summed E-state index contributed by atoms with van der Waals surface area (Å²) in [6.45, 7) is 1.96. The molecular formula is C11H12N2O4S. The van der Waals surface area contributed by atoms with Gasteiger partial charge in [0, 0.05) is 0 Å². The first-order chi connectivity index (χ1) is 8.67. The molecule has 2 aromatic rings. The van der Waals surface area contributed by atoms with E-state index in [0.717, 1.165) is 0 Å². The molecule has 6 nitrogen and oxygen atoms in total. The zero-order chi connectivity index (χ0) is 13.1. The van der Waals surface area contributed by atoms with Crippen LogP contribution in [0.3, 0.4) is 0 Å². The fraction of sp³-hybridized carbons (Fsp3) is 0.273. The third kappa shape index (κ3) is 2.17. The van der Waals surface area contributed by atoms with Crippen LogP contribution in [-0.4, -0.2) is 24.7 Å². The molecular weight excluding hydrogens is 256 g/mol. The maximum absolute atomic E-state index is 11.6. The van der Waals surface area contributed by atoms with Crippen molar-refractivity contribution in [3.63, 3.8) is 0 Å². The van der Waals surface area contributed by atoms with Crippen LogP contribution in [0, 0.1) is 0 Å². The number of methoxy groups -OCH3 is 1. The van der Waals surface area contributed by atoms with Crippen molar-refractivity contribution in [3.8, 4) is 16.5 Å². The van der Waals surface area contributed by atoms with Crippen LogP contribution in [0.1, 0.15) is 17.4 Å². The monoisotopic (exact) mass is 268 g/mol. The molecule has 0 saturated heterocycles. The number of nitrogens with two attached hydrogens (primary N) is 1. The normalized spacial score (nSPS) is 10.3. The molecule has 18 heavy (non-hydrogen) atoms. The van der Waals surface area contributed by atoms with Gasteiger partial charge in [-0.1, -0.05) is 0 Å². The molecule has 7 heteroatoms. The van der Waals surface area contributed by atoms with E-state index in [1.165, 1.54) is 11.3 Å². The molecule has 2 aromatic heterocycles. The third-order valence-corrected chi connectivity index (χ3v) is 3.05. The largest absolute Gasteiger partial charge is 0.495 e. The SMILES string of the molecule is CCOC(=O)c1nc(-c2sccc2OC)oc1N. The minimum atomic E-state index is -0.597. The summed E-state index contributed by atoms with van der Waals surface area (Å²) in [5.74, 6) is 0.221. The number of aromatic nitrogens is 1. The molecule has 0 aliphatic heterocycles. The molecule has 2 heterocycles. The number of carbonyl (C=O) groups excluding carboxylic acids is 1. The maximum Gasteiger partial charge on any atom is 0.362 e. The van der Waals surface area contributed by atoms with Gasteiger partial charge in [-0.3, -0.25) is 0 Å². The van der Waals surface area contributed by atoms with E-state index in [1.807, 2.05) is 5.38 Å². The lowest BCUT2D eigenvalue weighted by Gasteiger charge is -1.97. The number of carbonyl (C=O) groups is 1. The lowest BCUT2D eigenvalue weighted by Crippen LogP contribution is -2.07. The number of rotatable bonds is 4. The highest BCUT2D eigenvalue weighted by molar-refractivity contribution is 7.13. The van der Waals surface area contributed by atoms with Gasteiger partial charge in [0.15, 0.2) is 0 Å². The highest BCUT2D eigenvalue weighted by Crippen LogP contribution is 2.36. The minimum absolute atomic E-state index is 0.0118. The predicted octanol–water partition coefficient (Wildman–Crippen LogP) is 2.17. The quantitative estimate of drug-likeness (QED) is 0.855. The van der Waals surface area contributed by atoms with Crippen LogP contribution in [0.2, 0.25) is 0 Å². The standard InChI is InChI=1S/C11H12N2O4S/c1-3-16-11(14)7-9(12)17-10(13-7)8-6(15-2)4-5-18-8/h4-5H,3,12H2,1-2H3. The van der Waals surface area contributed by atoms with Crippen LogP contribution in [0.15, 0.2) is 15.9 Å². The van der Waals surface area contributed by atoms with Gasteiger partial charge in [-0.15, -0.1) is 11.3 Å². The van der Waals surface area contributed by atoms with Crippen molar-refractivity contribution in [1.82, 2.24) is 4.98 Å². The fourth-order valence-corrected chi connectivity index (χ4v) is 2.17. The predicted molar refractivity (Wildman–Crippen MR) is 66.7 cm³/mol. The first kappa shape index (κ1) is 12.4. The lowest BCUT2D eigenvalue weighted by molar-refractivity contribution is 0.0521. The second-order valence-corrected chi connectivity index (χ2v) is 4.19. The highest BCUT2D eigenvalue weighted by atomic mass is 32.1. The second kappa shape index (κ2) is 5.09. The molecule has 0 aliphatic rings. The first-order valence-corrected chi connectivity index (χ1v) is 6.10. The summed E-state index contributed by atoms with van der Waals surface area (Å²) in [4.78, 5) is 16.3. The molecule has 0 fully saturated rings. The molecule has 96 valence electrons. The topological polar surface area (TPSA) is 87.6 Å². The first-order valence-electron chi connectivity index (χ1n) is 5.22. The van der Waals surface area contributed by atoms with Crippen molar-refractivity contribution in [2.24, 2.45) is 0 Å². The number of nitrogen functional groups attached to an aromatic ring is 1. The van der Waals surface area contributed by atoms with Crippen molar-refractivity contribution < 1.29 is 18.7 Å². The Labute approximate surface area is 107 Å². The summed E-state index contributed by atoms with van der Waals surface area (Å²) in [5.41, 5.74) is 5.59. The number of hydrogen-bond donors (Lipinski definition) is 1. The molecule has 0 unspecified atom stereocenters. The van der Waals surface area contributed by atoms with E-state index in [0.29, 0.717) is 10.6 Å².